The van der Waals surface area contributed by atoms with Crippen molar-refractivity contribution in [2.45, 2.75) is 44.3 Å². The summed E-state index contributed by atoms with van der Waals surface area (Å²) >= 11 is 0. The van der Waals surface area contributed by atoms with Gasteiger partial charge in [0.15, 0.2) is 0 Å². The molecule has 8 rings (SSSR count). The van der Waals surface area contributed by atoms with Crippen LogP contribution in [0.15, 0.2) is 59.4 Å². The van der Waals surface area contributed by atoms with Gasteiger partial charge in [0.1, 0.15) is 5.75 Å². The average molecular weight is 567 g/mol. The Kier molecular flexibility index (Phi) is 5.67. The molecule has 2 bridgehead atoms. The van der Waals surface area contributed by atoms with Gasteiger partial charge in [0.25, 0.3) is 5.56 Å². The van der Waals surface area contributed by atoms with Crippen LogP contribution in [-0.2, 0) is 30.7 Å². The zero-order valence-electron chi connectivity index (χ0n) is 23.3. The van der Waals surface area contributed by atoms with Crippen molar-refractivity contribution < 1.29 is 14.7 Å². The van der Waals surface area contributed by atoms with Gasteiger partial charge in [0.2, 0.25) is 5.91 Å². The Hall–Kier alpha value is -4.28. The lowest BCUT2D eigenvalue weighted by Crippen LogP contribution is -2.61. The van der Waals surface area contributed by atoms with E-state index in [2.05, 4.69) is 9.88 Å². The Balaban J connectivity index is 1.18. The molecule has 4 atom stereocenters. The second-order valence-corrected chi connectivity index (χ2v) is 12.1. The number of aromatic nitrogens is 2. The summed E-state index contributed by atoms with van der Waals surface area (Å²) in [7, 11) is 1.66. The van der Waals surface area contributed by atoms with E-state index in [0.29, 0.717) is 32.6 Å². The minimum atomic E-state index is -0.347. The highest BCUT2D eigenvalue weighted by molar-refractivity contribution is 5.88. The number of amides is 1. The van der Waals surface area contributed by atoms with E-state index in [1.165, 1.54) is 0 Å². The number of H-pyrrole nitrogens is 1. The lowest BCUT2D eigenvalue weighted by molar-refractivity contribution is -0.138. The fourth-order valence-electron chi connectivity index (χ4n) is 8.19. The van der Waals surface area contributed by atoms with Crippen LogP contribution in [0.25, 0.3) is 10.9 Å². The molecule has 6 heterocycles. The molecule has 42 heavy (non-hydrogen) atoms. The quantitative estimate of drug-likeness (QED) is 0.363. The highest BCUT2D eigenvalue weighted by atomic mass is 16.8. The summed E-state index contributed by atoms with van der Waals surface area (Å²) in [5, 5.41) is 22.4. The number of piperidine rings is 1. The van der Waals surface area contributed by atoms with E-state index in [9.17, 15) is 20.0 Å². The molecule has 4 aliphatic heterocycles. The zero-order chi connectivity index (χ0) is 28.7. The number of nitrogens with one attached hydrogen (secondary N) is 1. The summed E-state index contributed by atoms with van der Waals surface area (Å²) in [5.41, 5.74) is 6.42. The van der Waals surface area contributed by atoms with E-state index in [0.717, 1.165) is 57.7 Å². The molecule has 10 nitrogen and oxygen atoms in total. The minimum absolute atomic E-state index is 0.0104. The van der Waals surface area contributed by atoms with Gasteiger partial charge in [-0.05, 0) is 66.8 Å². The number of hydrogen-bond acceptors (Lipinski definition) is 7. The Morgan fingerprint density at radius 2 is 2.02 bits per heavy atom. The molecular weight excluding hydrogens is 534 g/mol. The molecule has 10 heteroatoms. The van der Waals surface area contributed by atoms with Crippen LogP contribution >= 0.6 is 0 Å². The lowest BCUT2D eigenvalue weighted by Gasteiger charge is -2.55. The number of ether oxygens (including phenoxy) is 1. The maximum absolute atomic E-state index is 14.6. The van der Waals surface area contributed by atoms with E-state index in [1.54, 1.807) is 25.3 Å². The van der Waals surface area contributed by atoms with Gasteiger partial charge in [-0.3, -0.25) is 14.8 Å². The maximum atomic E-state index is 14.6. The smallest absolute Gasteiger partial charge is 0.250 e. The van der Waals surface area contributed by atoms with E-state index < -0.39 is 0 Å². The molecular formula is C32H32N5O5-. The number of anilines is 2. The molecule has 4 aromatic rings. The number of pyridine rings is 1. The predicted molar refractivity (Wildman–Crippen MR) is 158 cm³/mol. The summed E-state index contributed by atoms with van der Waals surface area (Å²) in [6, 6.07) is 16.6. The molecule has 0 spiro atoms. The average Bonchev–Trinajstić information content (AvgIpc) is 3.37. The second-order valence-electron chi connectivity index (χ2n) is 12.1. The minimum Gasteiger partial charge on any atom is -0.733 e. The third-order valence-corrected chi connectivity index (χ3v) is 10.0. The van der Waals surface area contributed by atoms with Gasteiger partial charge in [0.05, 0.1) is 18.7 Å². The van der Waals surface area contributed by atoms with Gasteiger partial charge in [-0.25, -0.2) is 0 Å². The summed E-state index contributed by atoms with van der Waals surface area (Å²) in [4.78, 5) is 35.3. The zero-order valence-corrected chi connectivity index (χ0v) is 23.3. The Morgan fingerprint density at radius 3 is 2.86 bits per heavy atom. The van der Waals surface area contributed by atoms with Gasteiger partial charge in [0, 0.05) is 84.2 Å². The highest BCUT2D eigenvalue weighted by Crippen LogP contribution is 2.48. The molecule has 1 saturated heterocycles. The van der Waals surface area contributed by atoms with Crippen molar-refractivity contribution in [3.63, 3.8) is 0 Å². The monoisotopic (exact) mass is 566 g/mol. The van der Waals surface area contributed by atoms with Crippen LogP contribution in [0.5, 0.6) is 5.75 Å². The molecule has 2 aromatic heterocycles. The Bertz CT molecular complexity index is 1790. The number of carbonyl (C=O) groups is 1. The van der Waals surface area contributed by atoms with Crippen molar-refractivity contribution in [3.05, 3.63) is 92.7 Å². The van der Waals surface area contributed by atoms with Gasteiger partial charge in [-0.15, -0.1) is 0 Å². The summed E-state index contributed by atoms with van der Waals surface area (Å²) < 4.78 is 7.38. The largest absolute Gasteiger partial charge is 0.733 e. The van der Waals surface area contributed by atoms with Crippen molar-refractivity contribution in [1.82, 2.24) is 14.5 Å². The first-order valence-corrected chi connectivity index (χ1v) is 14.6. The van der Waals surface area contributed by atoms with Crippen LogP contribution in [0.2, 0.25) is 0 Å². The molecule has 4 aliphatic rings. The maximum Gasteiger partial charge on any atom is 0.250 e. The fourth-order valence-corrected chi connectivity index (χ4v) is 8.19. The molecule has 216 valence electrons. The van der Waals surface area contributed by atoms with Crippen molar-refractivity contribution in [3.8, 4) is 5.75 Å². The van der Waals surface area contributed by atoms with Crippen LogP contribution in [-0.4, -0.2) is 51.8 Å². The lowest BCUT2D eigenvalue weighted by atomic mass is 9.69. The molecule has 0 radical (unpaired) electrons. The normalized spacial score (nSPS) is 24.0. The van der Waals surface area contributed by atoms with E-state index >= 15 is 0 Å². The third-order valence-electron chi connectivity index (χ3n) is 10.0. The van der Waals surface area contributed by atoms with Gasteiger partial charge in [-0.2, -0.15) is 0 Å². The summed E-state index contributed by atoms with van der Waals surface area (Å²) in [6.07, 6.45) is 2.14. The number of carbonyl (C=O) groups excluding carboxylic acids is 1. The fraction of sp³-hybridized carbons (Fsp3) is 0.375. The molecule has 0 saturated carbocycles. The number of rotatable bonds is 3. The predicted octanol–water partition coefficient (Wildman–Crippen LogP) is 3.78. The summed E-state index contributed by atoms with van der Waals surface area (Å²) in [6.45, 7) is 2.40. The number of aromatic amines is 1. The summed E-state index contributed by atoms with van der Waals surface area (Å²) in [5.74, 6) is 0.827. The van der Waals surface area contributed by atoms with Gasteiger partial charge < -0.3 is 34.5 Å². The highest BCUT2D eigenvalue weighted by Gasteiger charge is 2.50. The molecule has 2 N–H and O–H groups in total. The number of hydrogen-bond donors (Lipinski definition) is 2. The first kappa shape index (κ1) is 25.4. The molecule has 0 aliphatic carbocycles. The molecule has 1 fully saturated rings. The molecule has 2 aromatic carbocycles. The van der Waals surface area contributed by atoms with Crippen LogP contribution in [0, 0.1) is 17.0 Å². The van der Waals surface area contributed by atoms with Crippen molar-refractivity contribution >= 4 is 28.2 Å². The van der Waals surface area contributed by atoms with Crippen LogP contribution < -0.4 is 20.4 Å². The topological polar surface area (TPSA) is 117 Å². The van der Waals surface area contributed by atoms with E-state index in [1.807, 2.05) is 45.9 Å². The number of nitrogens with zero attached hydrogens (tertiary/aromatic N) is 4. The Labute approximate surface area is 242 Å². The van der Waals surface area contributed by atoms with Crippen LogP contribution in [0.4, 0.5) is 11.4 Å². The standard InChI is InChI=1S/C32H32N5O5/c1-42-22-6-7-26-23(14-22)25-17-34(10-9-27(25)33-26)32(39)24-13-18-12-21(37(40)41)5-8-29(18)36-15-19-11-20(31(24)36)16-35-28(19)3-2-4-30(35)38/h2-8,12,14,19-20,24,31,33,40H,9-11,13,15-17H2,1H3/q-1. The van der Waals surface area contributed by atoms with E-state index in [4.69, 9.17) is 4.74 Å². The van der Waals surface area contributed by atoms with Crippen LogP contribution in [0.3, 0.4) is 0 Å². The van der Waals surface area contributed by atoms with Crippen molar-refractivity contribution in [2.75, 3.05) is 30.3 Å². The number of benzene rings is 2. The van der Waals surface area contributed by atoms with Crippen molar-refractivity contribution in [2.24, 2.45) is 11.8 Å². The van der Waals surface area contributed by atoms with Gasteiger partial charge >= 0.3 is 0 Å². The molecule has 1 amide bonds. The number of fused-ring (bicyclic) bond motifs is 11. The van der Waals surface area contributed by atoms with Gasteiger partial charge in [-0.1, -0.05) is 6.07 Å². The first-order valence-electron chi connectivity index (χ1n) is 14.6. The number of methoxy groups -OCH3 is 1. The van der Waals surface area contributed by atoms with Crippen molar-refractivity contribution in [1.29, 1.82) is 0 Å². The second kappa shape index (κ2) is 9.37. The molecule has 4 unspecified atom stereocenters. The SMILES string of the molecule is COc1ccc2[nH]c3c(c2c1)CN(C(=O)C1Cc2cc(N([O-])O)ccc2N2CC4CC(Cn5c4cccc5=O)C12)CC3. The first-order chi connectivity index (χ1) is 20.4. The third kappa shape index (κ3) is 3.78. The Morgan fingerprint density at radius 1 is 1.14 bits per heavy atom. The van der Waals surface area contributed by atoms with E-state index in [-0.39, 0.29) is 46.2 Å². The van der Waals surface area contributed by atoms with Crippen LogP contribution in [0.1, 0.15) is 34.9 Å².